The lowest BCUT2D eigenvalue weighted by Gasteiger charge is -2.13. The molecule has 2 aromatic rings. The molecular formula is C20H24N4O3S. The van der Waals surface area contributed by atoms with Gasteiger partial charge in [0.25, 0.3) is 5.22 Å². The van der Waals surface area contributed by atoms with Crippen molar-refractivity contribution >= 4 is 23.7 Å². The zero-order valence-corrected chi connectivity index (χ0v) is 16.5. The molecule has 1 aliphatic rings. The molecule has 28 heavy (non-hydrogen) atoms. The molecule has 1 heterocycles. The Morgan fingerprint density at radius 3 is 2.79 bits per heavy atom. The molecule has 0 bridgehead atoms. The largest absolute Gasteiger partial charge is 0.416 e. The lowest BCUT2D eigenvalue weighted by Crippen LogP contribution is -2.40. The third-order valence-electron chi connectivity index (χ3n) is 4.34. The summed E-state index contributed by atoms with van der Waals surface area (Å²) in [5, 5.41) is 13.3. The van der Waals surface area contributed by atoms with Crippen LogP contribution in [0.3, 0.4) is 0 Å². The van der Waals surface area contributed by atoms with Crippen molar-refractivity contribution in [2.45, 2.75) is 43.7 Å². The van der Waals surface area contributed by atoms with E-state index in [1.54, 1.807) is 0 Å². The molecule has 0 fully saturated rings. The van der Waals surface area contributed by atoms with E-state index < -0.39 is 11.9 Å². The van der Waals surface area contributed by atoms with E-state index in [9.17, 15) is 9.59 Å². The third-order valence-corrected chi connectivity index (χ3v) is 5.16. The van der Waals surface area contributed by atoms with Gasteiger partial charge in [0.2, 0.25) is 11.8 Å². The van der Waals surface area contributed by atoms with Crippen LogP contribution in [0.5, 0.6) is 0 Å². The van der Waals surface area contributed by atoms with Crippen LogP contribution < -0.4 is 10.6 Å². The second kappa shape index (κ2) is 10.7. The van der Waals surface area contributed by atoms with Crippen LogP contribution in [0.4, 0.5) is 4.79 Å². The number of aromatic nitrogens is 2. The minimum atomic E-state index is -0.475. The van der Waals surface area contributed by atoms with Gasteiger partial charge in [-0.3, -0.25) is 10.1 Å². The first-order valence-electron chi connectivity index (χ1n) is 9.44. The van der Waals surface area contributed by atoms with Gasteiger partial charge >= 0.3 is 6.03 Å². The first kappa shape index (κ1) is 20.1. The predicted octanol–water partition coefficient (Wildman–Crippen LogP) is 3.47. The standard InChI is InChI=1S/C20H24N4O3S/c25-17(22-19(26)21-12-11-15-7-3-1-4-8-15)14-28-20-24-23-18(27-20)13-16-9-5-2-6-10-16/h2,5-7,9-10H,1,3-4,8,11-14H2,(H2,21,22,25,26). The minimum absolute atomic E-state index is 0.0333. The fourth-order valence-electron chi connectivity index (χ4n) is 2.94. The molecule has 7 nitrogen and oxygen atoms in total. The molecule has 0 saturated heterocycles. The van der Waals surface area contributed by atoms with Crippen LogP contribution in [-0.4, -0.2) is 34.4 Å². The number of nitrogens with zero attached hydrogens (tertiary/aromatic N) is 2. The van der Waals surface area contributed by atoms with E-state index in [-0.39, 0.29) is 5.75 Å². The van der Waals surface area contributed by atoms with Gasteiger partial charge in [-0.25, -0.2) is 4.79 Å². The molecule has 2 N–H and O–H groups in total. The maximum absolute atomic E-state index is 11.9. The molecule has 0 unspecified atom stereocenters. The number of carbonyl (C=O) groups is 2. The van der Waals surface area contributed by atoms with Crippen molar-refractivity contribution in [1.82, 2.24) is 20.8 Å². The van der Waals surface area contributed by atoms with E-state index in [4.69, 9.17) is 4.42 Å². The fraction of sp³-hybridized carbons (Fsp3) is 0.400. The maximum Gasteiger partial charge on any atom is 0.321 e. The molecule has 0 radical (unpaired) electrons. The van der Waals surface area contributed by atoms with Gasteiger partial charge < -0.3 is 9.73 Å². The Labute approximate surface area is 168 Å². The summed E-state index contributed by atoms with van der Waals surface area (Å²) >= 11 is 1.11. The second-order valence-electron chi connectivity index (χ2n) is 6.57. The predicted molar refractivity (Wildman–Crippen MR) is 107 cm³/mol. The summed E-state index contributed by atoms with van der Waals surface area (Å²) in [5.74, 6) is 0.122. The monoisotopic (exact) mass is 400 g/mol. The second-order valence-corrected chi connectivity index (χ2v) is 7.50. The van der Waals surface area contributed by atoms with Gasteiger partial charge in [-0.05, 0) is 37.7 Å². The molecule has 0 saturated carbocycles. The van der Waals surface area contributed by atoms with Crippen LogP contribution in [0.2, 0.25) is 0 Å². The van der Waals surface area contributed by atoms with Crippen LogP contribution in [0.1, 0.15) is 43.6 Å². The summed E-state index contributed by atoms with van der Waals surface area (Å²) in [6.45, 7) is 0.532. The average Bonchev–Trinajstić information content (AvgIpc) is 3.15. The Bertz CT molecular complexity index is 820. The van der Waals surface area contributed by atoms with Crippen molar-refractivity contribution in [3.05, 3.63) is 53.4 Å². The number of rotatable bonds is 8. The summed E-state index contributed by atoms with van der Waals surface area (Å²) in [5.41, 5.74) is 2.46. The Morgan fingerprint density at radius 2 is 2.00 bits per heavy atom. The number of allylic oxidation sites excluding steroid dienone is 1. The first-order chi connectivity index (χ1) is 13.7. The number of nitrogens with one attached hydrogen (secondary N) is 2. The molecule has 0 aliphatic heterocycles. The highest BCUT2D eigenvalue weighted by Crippen LogP contribution is 2.19. The van der Waals surface area contributed by atoms with Gasteiger partial charge in [-0.1, -0.05) is 53.7 Å². The minimum Gasteiger partial charge on any atom is -0.416 e. The van der Waals surface area contributed by atoms with Crippen molar-refractivity contribution in [3.8, 4) is 0 Å². The number of thioether (sulfide) groups is 1. The normalized spacial score (nSPS) is 13.6. The Balaban J connectivity index is 1.33. The molecule has 3 rings (SSSR count). The van der Waals surface area contributed by atoms with Crippen molar-refractivity contribution < 1.29 is 14.0 Å². The summed E-state index contributed by atoms with van der Waals surface area (Å²) in [6, 6.07) is 9.32. The number of urea groups is 1. The van der Waals surface area contributed by atoms with Crippen LogP contribution in [-0.2, 0) is 11.2 Å². The molecule has 0 atom stereocenters. The first-order valence-corrected chi connectivity index (χ1v) is 10.4. The molecular weight excluding hydrogens is 376 g/mol. The van der Waals surface area contributed by atoms with E-state index in [0.717, 1.165) is 36.6 Å². The zero-order chi connectivity index (χ0) is 19.6. The van der Waals surface area contributed by atoms with E-state index in [1.165, 1.54) is 18.4 Å². The van der Waals surface area contributed by atoms with Crippen LogP contribution >= 0.6 is 11.8 Å². The Morgan fingerprint density at radius 1 is 1.14 bits per heavy atom. The smallest absolute Gasteiger partial charge is 0.321 e. The molecule has 148 valence electrons. The maximum atomic E-state index is 11.9. The topological polar surface area (TPSA) is 97.1 Å². The van der Waals surface area contributed by atoms with Gasteiger partial charge in [0, 0.05) is 6.54 Å². The van der Waals surface area contributed by atoms with E-state index in [0.29, 0.717) is 24.1 Å². The summed E-state index contributed by atoms with van der Waals surface area (Å²) < 4.78 is 5.53. The number of imide groups is 1. The highest BCUT2D eigenvalue weighted by Gasteiger charge is 2.12. The Hall–Kier alpha value is -2.61. The fourth-order valence-corrected chi connectivity index (χ4v) is 3.52. The highest BCUT2D eigenvalue weighted by molar-refractivity contribution is 7.99. The van der Waals surface area contributed by atoms with Gasteiger partial charge in [0.15, 0.2) is 0 Å². The molecule has 0 spiro atoms. The highest BCUT2D eigenvalue weighted by atomic mass is 32.2. The van der Waals surface area contributed by atoms with Crippen molar-refractivity contribution in [2.24, 2.45) is 0 Å². The lowest BCUT2D eigenvalue weighted by atomic mass is 9.97. The third kappa shape index (κ3) is 6.84. The van der Waals surface area contributed by atoms with Crippen molar-refractivity contribution in [3.63, 3.8) is 0 Å². The lowest BCUT2D eigenvalue weighted by molar-refractivity contribution is -0.117. The van der Waals surface area contributed by atoms with Gasteiger partial charge in [-0.2, -0.15) is 0 Å². The van der Waals surface area contributed by atoms with E-state index in [1.807, 2.05) is 30.3 Å². The van der Waals surface area contributed by atoms with E-state index >= 15 is 0 Å². The molecule has 1 aliphatic carbocycles. The molecule has 8 heteroatoms. The summed E-state index contributed by atoms with van der Waals surface area (Å²) in [6.07, 6.45) is 8.33. The quantitative estimate of drug-likeness (QED) is 0.520. The number of benzene rings is 1. The van der Waals surface area contributed by atoms with E-state index in [2.05, 4.69) is 26.9 Å². The van der Waals surface area contributed by atoms with Gasteiger partial charge in [0.1, 0.15) is 0 Å². The molecule has 1 aromatic carbocycles. The number of carbonyl (C=O) groups excluding carboxylic acids is 2. The zero-order valence-electron chi connectivity index (χ0n) is 15.6. The summed E-state index contributed by atoms with van der Waals surface area (Å²) in [7, 11) is 0. The van der Waals surface area contributed by atoms with Crippen molar-refractivity contribution in [2.75, 3.05) is 12.3 Å². The average molecular weight is 401 g/mol. The SMILES string of the molecule is O=C(CSc1nnc(Cc2ccccc2)o1)NC(=O)NCCC1=CCCCC1. The summed E-state index contributed by atoms with van der Waals surface area (Å²) in [4.78, 5) is 23.7. The van der Waals surface area contributed by atoms with Gasteiger partial charge in [0.05, 0.1) is 12.2 Å². The number of amides is 3. The van der Waals surface area contributed by atoms with Crippen molar-refractivity contribution in [1.29, 1.82) is 0 Å². The van der Waals surface area contributed by atoms with Gasteiger partial charge in [-0.15, -0.1) is 10.2 Å². The van der Waals surface area contributed by atoms with Crippen LogP contribution in [0.25, 0.3) is 0 Å². The van der Waals surface area contributed by atoms with Crippen LogP contribution in [0.15, 0.2) is 51.6 Å². The number of hydrogen-bond donors (Lipinski definition) is 2. The number of hydrogen-bond acceptors (Lipinski definition) is 6. The Kier molecular flexibility index (Phi) is 7.66. The van der Waals surface area contributed by atoms with Crippen LogP contribution in [0, 0.1) is 0 Å². The molecule has 1 aromatic heterocycles. The molecule has 3 amide bonds.